The summed E-state index contributed by atoms with van der Waals surface area (Å²) in [5.74, 6) is 0.776. The van der Waals surface area contributed by atoms with Gasteiger partial charge in [0, 0.05) is 30.9 Å². The zero-order chi connectivity index (χ0) is 21.5. The van der Waals surface area contributed by atoms with E-state index in [0.29, 0.717) is 41.1 Å². The molecule has 0 saturated carbocycles. The van der Waals surface area contributed by atoms with E-state index in [1.165, 1.54) is 17.8 Å². The minimum atomic E-state index is -0.334. The molecule has 2 aromatic carbocycles. The number of benzene rings is 2. The third-order valence-electron chi connectivity index (χ3n) is 4.48. The Morgan fingerprint density at radius 1 is 1.17 bits per heavy atom. The van der Waals surface area contributed by atoms with Crippen LogP contribution in [0.1, 0.15) is 41.5 Å². The van der Waals surface area contributed by atoms with E-state index in [0.717, 1.165) is 5.56 Å². The first-order valence-corrected chi connectivity index (χ1v) is 10.7. The molecular weight excluding hydrogens is 403 g/mol. The molecule has 0 spiro atoms. The second kappa shape index (κ2) is 10.4. The molecule has 0 saturated heterocycles. The number of hydrogen-bond donors (Lipinski definition) is 1. The van der Waals surface area contributed by atoms with E-state index in [1.54, 1.807) is 35.9 Å². The predicted molar refractivity (Wildman–Crippen MR) is 116 cm³/mol. The molecule has 0 atom stereocenters. The highest BCUT2D eigenvalue weighted by Crippen LogP contribution is 2.29. The van der Waals surface area contributed by atoms with E-state index in [9.17, 15) is 9.18 Å². The van der Waals surface area contributed by atoms with E-state index in [4.69, 9.17) is 4.74 Å². The number of aromatic nitrogens is 3. The molecule has 1 heterocycles. The summed E-state index contributed by atoms with van der Waals surface area (Å²) in [6.45, 7) is 4.88. The van der Waals surface area contributed by atoms with Gasteiger partial charge in [0.25, 0.3) is 5.91 Å². The fourth-order valence-electron chi connectivity index (χ4n) is 2.98. The summed E-state index contributed by atoms with van der Waals surface area (Å²) in [6.07, 6.45) is 0. The van der Waals surface area contributed by atoms with Crippen molar-refractivity contribution in [1.82, 2.24) is 20.1 Å². The van der Waals surface area contributed by atoms with Gasteiger partial charge in [0.2, 0.25) is 0 Å². The number of nitrogens with one attached hydrogen (secondary N) is 1. The number of carbonyl (C=O) groups is 1. The standard InChI is InChI=1S/C22H25FN4O2S/c1-15(2)20-25-26-22(27(20)19-11-7-6-10-18(19)23)30-14-16-8-4-5-9-17(16)21(28)24-12-13-29-3/h4-11,15H,12-14H2,1-3H3,(H,24,28). The Hall–Kier alpha value is -2.71. The summed E-state index contributed by atoms with van der Waals surface area (Å²) in [6, 6.07) is 14.0. The monoisotopic (exact) mass is 428 g/mol. The van der Waals surface area contributed by atoms with Gasteiger partial charge in [0.1, 0.15) is 11.6 Å². The smallest absolute Gasteiger partial charge is 0.251 e. The average Bonchev–Trinajstić information content (AvgIpc) is 3.17. The van der Waals surface area contributed by atoms with Crippen molar-refractivity contribution in [3.63, 3.8) is 0 Å². The number of rotatable bonds is 9. The first-order chi connectivity index (χ1) is 14.5. The number of methoxy groups -OCH3 is 1. The van der Waals surface area contributed by atoms with Crippen molar-refractivity contribution in [2.75, 3.05) is 20.3 Å². The summed E-state index contributed by atoms with van der Waals surface area (Å²) >= 11 is 1.42. The minimum Gasteiger partial charge on any atom is -0.383 e. The highest BCUT2D eigenvalue weighted by atomic mass is 32.2. The number of nitrogens with zero attached hydrogens (tertiary/aromatic N) is 3. The molecule has 0 aliphatic heterocycles. The molecule has 1 amide bonds. The van der Waals surface area contributed by atoms with Gasteiger partial charge in [-0.05, 0) is 23.8 Å². The molecule has 3 rings (SSSR count). The van der Waals surface area contributed by atoms with E-state index >= 15 is 0 Å². The van der Waals surface area contributed by atoms with Gasteiger partial charge in [-0.3, -0.25) is 9.36 Å². The number of amides is 1. The lowest BCUT2D eigenvalue weighted by atomic mass is 10.1. The molecule has 1 N–H and O–H groups in total. The van der Waals surface area contributed by atoms with Gasteiger partial charge in [-0.1, -0.05) is 55.9 Å². The summed E-state index contributed by atoms with van der Waals surface area (Å²) in [7, 11) is 1.59. The number of para-hydroxylation sites is 1. The van der Waals surface area contributed by atoms with Gasteiger partial charge >= 0.3 is 0 Å². The van der Waals surface area contributed by atoms with Crippen molar-refractivity contribution in [1.29, 1.82) is 0 Å². The number of ether oxygens (including phenoxy) is 1. The second-order valence-electron chi connectivity index (χ2n) is 6.98. The van der Waals surface area contributed by atoms with Crippen molar-refractivity contribution < 1.29 is 13.9 Å². The number of hydrogen-bond acceptors (Lipinski definition) is 5. The first kappa shape index (κ1) is 22.0. The summed E-state index contributed by atoms with van der Waals surface area (Å²) in [5, 5.41) is 12.0. The maximum absolute atomic E-state index is 14.5. The van der Waals surface area contributed by atoms with Crippen LogP contribution < -0.4 is 5.32 Å². The lowest BCUT2D eigenvalue weighted by Gasteiger charge is -2.13. The molecule has 0 fully saturated rings. The molecule has 0 aliphatic rings. The van der Waals surface area contributed by atoms with Crippen LogP contribution in [0.3, 0.4) is 0 Å². The molecule has 0 unspecified atom stereocenters. The van der Waals surface area contributed by atoms with Crippen LogP contribution in [0.25, 0.3) is 5.69 Å². The zero-order valence-electron chi connectivity index (χ0n) is 17.3. The topological polar surface area (TPSA) is 69.0 Å². The Bertz CT molecular complexity index is 1010. The Morgan fingerprint density at radius 3 is 2.63 bits per heavy atom. The van der Waals surface area contributed by atoms with Gasteiger partial charge < -0.3 is 10.1 Å². The molecular formula is C22H25FN4O2S. The lowest BCUT2D eigenvalue weighted by molar-refractivity contribution is 0.0936. The van der Waals surface area contributed by atoms with Gasteiger partial charge in [-0.2, -0.15) is 0 Å². The Labute approximate surface area is 179 Å². The molecule has 0 aliphatic carbocycles. The lowest BCUT2D eigenvalue weighted by Crippen LogP contribution is -2.27. The van der Waals surface area contributed by atoms with E-state index in [2.05, 4.69) is 15.5 Å². The molecule has 30 heavy (non-hydrogen) atoms. The Balaban J connectivity index is 1.86. The van der Waals surface area contributed by atoms with Crippen molar-refractivity contribution in [3.8, 4) is 5.69 Å². The molecule has 6 nitrogen and oxygen atoms in total. The van der Waals surface area contributed by atoms with Crippen LogP contribution in [0.2, 0.25) is 0 Å². The first-order valence-electron chi connectivity index (χ1n) is 9.71. The summed E-state index contributed by atoms with van der Waals surface area (Å²) in [5.41, 5.74) is 1.88. The third kappa shape index (κ3) is 5.06. The molecule has 158 valence electrons. The predicted octanol–water partition coefficient (Wildman–Crippen LogP) is 4.20. The fraction of sp³-hybridized carbons (Fsp3) is 0.318. The maximum atomic E-state index is 14.5. The third-order valence-corrected chi connectivity index (χ3v) is 5.46. The van der Waals surface area contributed by atoms with Crippen LogP contribution >= 0.6 is 11.8 Å². The van der Waals surface area contributed by atoms with E-state index < -0.39 is 0 Å². The molecule has 1 aromatic heterocycles. The SMILES string of the molecule is COCCNC(=O)c1ccccc1CSc1nnc(C(C)C)n1-c1ccccc1F. The molecule has 0 bridgehead atoms. The normalized spacial score (nSPS) is 11.1. The largest absolute Gasteiger partial charge is 0.383 e. The number of halogens is 1. The summed E-state index contributed by atoms with van der Waals surface area (Å²) in [4.78, 5) is 12.5. The average molecular weight is 429 g/mol. The maximum Gasteiger partial charge on any atom is 0.251 e. The van der Waals surface area contributed by atoms with E-state index in [1.807, 2.05) is 32.0 Å². The molecule has 3 aromatic rings. The van der Waals surface area contributed by atoms with Crippen LogP contribution in [-0.4, -0.2) is 40.9 Å². The highest BCUT2D eigenvalue weighted by Gasteiger charge is 2.20. The molecule has 8 heteroatoms. The summed E-state index contributed by atoms with van der Waals surface area (Å²) < 4.78 is 21.2. The number of carbonyl (C=O) groups excluding carboxylic acids is 1. The van der Waals surface area contributed by atoms with Crippen LogP contribution in [0.4, 0.5) is 4.39 Å². The van der Waals surface area contributed by atoms with Gasteiger partial charge in [0.15, 0.2) is 5.16 Å². The van der Waals surface area contributed by atoms with Crippen molar-refractivity contribution in [2.24, 2.45) is 0 Å². The second-order valence-corrected chi connectivity index (χ2v) is 7.92. The van der Waals surface area contributed by atoms with Gasteiger partial charge in [-0.15, -0.1) is 10.2 Å². The number of thioether (sulfide) groups is 1. The molecule has 0 radical (unpaired) electrons. The minimum absolute atomic E-state index is 0.0744. The zero-order valence-corrected chi connectivity index (χ0v) is 18.1. The fourth-order valence-corrected chi connectivity index (χ4v) is 3.94. The van der Waals surface area contributed by atoms with Gasteiger partial charge in [-0.25, -0.2) is 4.39 Å². The van der Waals surface area contributed by atoms with Crippen LogP contribution in [0, 0.1) is 5.82 Å². The van der Waals surface area contributed by atoms with Crippen molar-refractivity contribution >= 4 is 17.7 Å². The Morgan fingerprint density at radius 2 is 1.90 bits per heavy atom. The van der Waals surface area contributed by atoms with Crippen LogP contribution in [0.5, 0.6) is 0 Å². The van der Waals surface area contributed by atoms with Gasteiger partial charge in [0.05, 0.1) is 12.3 Å². The van der Waals surface area contributed by atoms with E-state index in [-0.39, 0.29) is 17.6 Å². The quantitative estimate of drug-likeness (QED) is 0.409. The Kier molecular flexibility index (Phi) is 7.59. The van der Waals surface area contributed by atoms with Crippen molar-refractivity contribution in [2.45, 2.75) is 30.7 Å². The van der Waals surface area contributed by atoms with Crippen molar-refractivity contribution in [3.05, 3.63) is 71.3 Å². The van der Waals surface area contributed by atoms with Crippen LogP contribution in [-0.2, 0) is 10.5 Å². The van der Waals surface area contributed by atoms with Crippen LogP contribution in [0.15, 0.2) is 53.7 Å². The highest BCUT2D eigenvalue weighted by molar-refractivity contribution is 7.98.